The van der Waals surface area contributed by atoms with Crippen LogP contribution in [0.3, 0.4) is 0 Å². The van der Waals surface area contributed by atoms with E-state index in [-0.39, 0.29) is 17.7 Å². The van der Waals surface area contributed by atoms with Gasteiger partial charge in [0, 0.05) is 0 Å². The normalized spacial score (nSPS) is 15.9. The van der Waals surface area contributed by atoms with Gasteiger partial charge in [-0.2, -0.15) is 0 Å². The molecular weight excluding hydrogens is 382 g/mol. The van der Waals surface area contributed by atoms with E-state index in [0.29, 0.717) is 33.0 Å². The van der Waals surface area contributed by atoms with Gasteiger partial charge in [-0.3, -0.25) is 14.5 Å². The van der Waals surface area contributed by atoms with E-state index < -0.39 is 0 Å². The maximum absolute atomic E-state index is 12.2. The lowest BCUT2D eigenvalue weighted by atomic mass is 10.2. The zero-order valence-corrected chi connectivity index (χ0v) is 15.0. The number of benzene rings is 1. The van der Waals surface area contributed by atoms with E-state index in [1.165, 1.54) is 0 Å². The highest BCUT2D eigenvalue weighted by Crippen LogP contribution is 2.38. The van der Waals surface area contributed by atoms with E-state index in [4.69, 9.17) is 15.9 Å². The predicted molar refractivity (Wildman–Crippen MR) is 93.4 cm³/mol. The number of ether oxygens (including phenoxy) is 2. The first kappa shape index (κ1) is 17.4. The molecule has 0 radical (unpaired) electrons. The van der Waals surface area contributed by atoms with E-state index in [0.717, 1.165) is 16.7 Å². The third kappa shape index (κ3) is 3.71. The van der Waals surface area contributed by atoms with E-state index in [1.807, 2.05) is 6.92 Å². The molecular formula is C16H14BrNO4S. The van der Waals surface area contributed by atoms with Crippen LogP contribution in [0.15, 0.2) is 21.5 Å². The van der Waals surface area contributed by atoms with Gasteiger partial charge in [0.2, 0.25) is 0 Å². The molecule has 0 bridgehead atoms. The molecule has 120 valence electrons. The molecule has 0 atom stereocenters. The fourth-order valence-electron chi connectivity index (χ4n) is 2.01. The van der Waals surface area contributed by atoms with Gasteiger partial charge in [0.25, 0.3) is 11.1 Å². The maximum atomic E-state index is 12.2. The van der Waals surface area contributed by atoms with Crippen molar-refractivity contribution in [3.8, 4) is 23.8 Å². The molecule has 0 unspecified atom stereocenters. The highest BCUT2D eigenvalue weighted by Gasteiger charge is 2.34. The summed E-state index contributed by atoms with van der Waals surface area (Å²) in [6, 6.07) is 3.54. The maximum Gasteiger partial charge on any atom is 0.294 e. The second-order valence-corrected chi connectivity index (χ2v) is 6.29. The van der Waals surface area contributed by atoms with Crippen LogP contribution in [-0.4, -0.2) is 36.3 Å². The molecule has 0 aliphatic carbocycles. The summed E-state index contributed by atoms with van der Waals surface area (Å²) in [4.78, 5) is 25.3. The third-order valence-electron chi connectivity index (χ3n) is 2.96. The molecule has 0 saturated carbocycles. The second-order valence-electron chi connectivity index (χ2n) is 4.44. The van der Waals surface area contributed by atoms with Crippen molar-refractivity contribution in [1.82, 2.24) is 4.90 Å². The molecule has 1 heterocycles. The summed E-state index contributed by atoms with van der Waals surface area (Å²) < 4.78 is 11.5. The van der Waals surface area contributed by atoms with Gasteiger partial charge < -0.3 is 9.47 Å². The number of amides is 2. The third-order valence-corrected chi connectivity index (χ3v) is 4.45. The number of carbonyl (C=O) groups excluding carboxylic acids is 2. The average Bonchev–Trinajstić information content (AvgIpc) is 2.75. The molecule has 0 N–H and O–H groups in total. The molecule has 1 saturated heterocycles. The topological polar surface area (TPSA) is 55.8 Å². The largest absolute Gasteiger partial charge is 0.492 e. The van der Waals surface area contributed by atoms with Crippen molar-refractivity contribution in [3.05, 3.63) is 27.1 Å². The number of hydrogen-bond donors (Lipinski definition) is 0. The lowest BCUT2D eigenvalue weighted by Gasteiger charge is -2.12. The smallest absolute Gasteiger partial charge is 0.294 e. The lowest BCUT2D eigenvalue weighted by Crippen LogP contribution is -2.28. The van der Waals surface area contributed by atoms with Crippen LogP contribution < -0.4 is 9.47 Å². The molecule has 0 aromatic heterocycles. The van der Waals surface area contributed by atoms with Gasteiger partial charge in [0.15, 0.2) is 11.5 Å². The van der Waals surface area contributed by atoms with Gasteiger partial charge in [-0.15, -0.1) is 6.42 Å². The molecule has 1 aliphatic heterocycles. The van der Waals surface area contributed by atoms with Crippen molar-refractivity contribution in [2.24, 2.45) is 0 Å². The molecule has 1 aromatic rings. The van der Waals surface area contributed by atoms with Crippen LogP contribution in [0.2, 0.25) is 0 Å². The van der Waals surface area contributed by atoms with Crippen molar-refractivity contribution >= 4 is 44.9 Å². The van der Waals surface area contributed by atoms with Crippen molar-refractivity contribution in [1.29, 1.82) is 0 Å². The number of thioether (sulfide) groups is 1. The average molecular weight is 396 g/mol. The molecule has 1 aromatic carbocycles. The highest BCUT2D eigenvalue weighted by atomic mass is 79.9. The Balaban J connectivity index is 2.38. The van der Waals surface area contributed by atoms with E-state index in [2.05, 4.69) is 21.9 Å². The van der Waals surface area contributed by atoms with E-state index >= 15 is 0 Å². The Morgan fingerprint density at radius 1 is 1.43 bits per heavy atom. The van der Waals surface area contributed by atoms with Crippen LogP contribution in [0, 0.1) is 12.3 Å². The zero-order chi connectivity index (χ0) is 17.0. The van der Waals surface area contributed by atoms with Gasteiger partial charge in [-0.25, -0.2) is 0 Å². The Morgan fingerprint density at radius 2 is 2.17 bits per heavy atom. The molecule has 2 amide bonds. The minimum absolute atomic E-state index is 0.0293. The van der Waals surface area contributed by atoms with Gasteiger partial charge in [0.1, 0.15) is 0 Å². The van der Waals surface area contributed by atoms with Gasteiger partial charge in [-0.1, -0.05) is 5.92 Å². The SMILES string of the molecule is C#CCN1C(=O)S/C(=C/c2cc(Br)c(OC)c(OCC)c2)C1=O. The van der Waals surface area contributed by atoms with Gasteiger partial charge >= 0.3 is 0 Å². The minimum Gasteiger partial charge on any atom is -0.492 e. The van der Waals surface area contributed by atoms with Crippen LogP contribution in [0.25, 0.3) is 6.08 Å². The lowest BCUT2D eigenvalue weighted by molar-refractivity contribution is -0.122. The summed E-state index contributed by atoms with van der Waals surface area (Å²) in [5, 5.41) is -0.364. The molecule has 7 heteroatoms. The fraction of sp³-hybridized carbons (Fsp3) is 0.250. The number of rotatable bonds is 5. The van der Waals surface area contributed by atoms with Gasteiger partial charge in [0.05, 0.1) is 29.6 Å². The molecule has 5 nitrogen and oxygen atoms in total. The Hall–Kier alpha value is -1.91. The van der Waals surface area contributed by atoms with Crippen LogP contribution in [-0.2, 0) is 4.79 Å². The highest BCUT2D eigenvalue weighted by molar-refractivity contribution is 9.10. The molecule has 23 heavy (non-hydrogen) atoms. The summed E-state index contributed by atoms with van der Waals surface area (Å²) in [7, 11) is 1.55. The van der Waals surface area contributed by atoms with Crippen LogP contribution >= 0.6 is 27.7 Å². The van der Waals surface area contributed by atoms with Crippen LogP contribution in [0.1, 0.15) is 12.5 Å². The number of hydrogen-bond acceptors (Lipinski definition) is 5. The number of imide groups is 1. The summed E-state index contributed by atoms with van der Waals surface area (Å²) in [5.74, 6) is 3.05. The Morgan fingerprint density at radius 3 is 2.78 bits per heavy atom. The molecule has 2 rings (SSSR count). The summed E-state index contributed by atoms with van der Waals surface area (Å²) >= 11 is 4.28. The summed E-state index contributed by atoms with van der Waals surface area (Å²) in [6.45, 7) is 2.31. The van der Waals surface area contributed by atoms with Crippen molar-refractivity contribution in [2.75, 3.05) is 20.3 Å². The van der Waals surface area contributed by atoms with Crippen molar-refractivity contribution < 1.29 is 19.1 Å². The van der Waals surface area contributed by atoms with Crippen LogP contribution in [0.4, 0.5) is 4.79 Å². The molecule has 0 spiro atoms. The number of halogens is 1. The predicted octanol–water partition coefficient (Wildman–Crippen LogP) is 3.53. The quantitative estimate of drug-likeness (QED) is 0.563. The van der Waals surface area contributed by atoms with Crippen LogP contribution in [0.5, 0.6) is 11.5 Å². The number of terminal acetylenes is 1. The number of carbonyl (C=O) groups is 2. The first-order valence-electron chi connectivity index (χ1n) is 6.71. The number of methoxy groups -OCH3 is 1. The molecule has 1 aliphatic rings. The van der Waals surface area contributed by atoms with Crippen molar-refractivity contribution in [2.45, 2.75) is 6.92 Å². The Kier molecular flexibility index (Phi) is 5.74. The van der Waals surface area contributed by atoms with E-state index in [1.54, 1.807) is 25.3 Å². The summed E-state index contributed by atoms with van der Waals surface area (Å²) in [6.07, 6.45) is 6.81. The first-order valence-corrected chi connectivity index (χ1v) is 8.31. The fourth-order valence-corrected chi connectivity index (χ4v) is 3.47. The minimum atomic E-state index is -0.386. The summed E-state index contributed by atoms with van der Waals surface area (Å²) in [5.41, 5.74) is 0.715. The molecule has 1 fully saturated rings. The second kappa shape index (κ2) is 7.57. The standard InChI is InChI=1S/C16H14BrNO4S/c1-4-6-18-15(19)13(23-16(18)20)9-10-7-11(17)14(21-3)12(8-10)22-5-2/h1,7-9H,5-6H2,2-3H3/b13-9+. The van der Waals surface area contributed by atoms with Crippen molar-refractivity contribution in [3.63, 3.8) is 0 Å². The monoisotopic (exact) mass is 395 g/mol. The first-order chi connectivity index (χ1) is 11.0. The Labute approximate surface area is 147 Å². The zero-order valence-electron chi connectivity index (χ0n) is 12.6. The number of nitrogens with zero attached hydrogens (tertiary/aromatic N) is 1. The Bertz CT molecular complexity index is 724. The van der Waals surface area contributed by atoms with Gasteiger partial charge in [-0.05, 0) is 58.4 Å². The van der Waals surface area contributed by atoms with E-state index in [9.17, 15) is 9.59 Å².